The van der Waals surface area contributed by atoms with Crippen molar-refractivity contribution in [2.24, 2.45) is 0 Å². The Morgan fingerprint density at radius 1 is 1.28 bits per heavy atom. The van der Waals surface area contributed by atoms with Crippen molar-refractivity contribution in [2.45, 2.75) is 26.2 Å². The molecule has 2 rings (SSSR count). The molecule has 2 aromatic rings. The van der Waals surface area contributed by atoms with Crippen LogP contribution in [0, 0.1) is 0 Å². The smallest absolute Gasteiger partial charge is 0.265 e. The third-order valence-electron chi connectivity index (χ3n) is 2.38. The van der Waals surface area contributed by atoms with E-state index in [0.29, 0.717) is 26.4 Å². The van der Waals surface area contributed by atoms with E-state index in [-0.39, 0.29) is 11.0 Å². The van der Waals surface area contributed by atoms with E-state index in [2.05, 4.69) is 41.8 Å². The van der Waals surface area contributed by atoms with Crippen LogP contribution in [0.3, 0.4) is 0 Å². The van der Waals surface area contributed by atoms with Gasteiger partial charge < -0.3 is 9.40 Å². The van der Waals surface area contributed by atoms with Gasteiger partial charge in [-0.3, -0.25) is 4.79 Å². The molecule has 0 atom stereocenters. The van der Waals surface area contributed by atoms with Gasteiger partial charge in [-0.25, -0.2) is 4.98 Å². The number of nitrogens with one attached hydrogen (secondary N) is 1. The summed E-state index contributed by atoms with van der Waals surface area (Å²) in [4.78, 5) is 19.1. The van der Waals surface area contributed by atoms with Gasteiger partial charge in [0.25, 0.3) is 5.56 Å². The molecule has 0 spiro atoms. The monoisotopic (exact) mass is 374 g/mol. The van der Waals surface area contributed by atoms with E-state index in [9.17, 15) is 4.79 Å². The Balaban J connectivity index is 2.65. The first-order chi connectivity index (χ1) is 8.29. The minimum absolute atomic E-state index is 0.211. The quantitative estimate of drug-likeness (QED) is 0.823. The molecule has 0 unspecified atom stereocenters. The van der Waals surface area contributed by atoms with Crippen molar-refractivity contribution in [3.63, 3.8) is 0 Å². The Bertz CT molecular complexity index is 638. The van der Waals surface area contributed by atoms with Gasteiger partial charge >= 0.3 is 0 Å². The molecule has 96 valence electrons. The lowest BCUT2D eigenvalue weighted by atomic mass is 9.92. The summed E-state index contributed by atoms with van der Waals surface area (Å²) in [5.41, 5.74) is 0.261. The van der Waals surface area contributed by atoms with Gasteiger partial charge in [-0.05, 0) is 44.0 Å². The van der Waals surface area contributed by atoms with E-state index < -0.39 is 0 Å². The maximum Gasteiger partial charge on any atom is 0.265 e. The topological polar surface area (TPSA) is 58.9 Å². The molecule has 0 aliphatic rings. The number of furan rings is 1. The lowest BCUT2D eigenvalue weighted by Crippen LogP contribution is -2.22. The maximum absolute atomic E-state index is 11.9. The molecule has 0 radical (unpaired) electrons. The molecule has 0 amide bonds. The van der Waals surface area contributed by atoms with Gasteiger partial charge in [0.2, 0.25) is 0 Å². The fraction of sp³-hybridized carbons (Fsp3) is 0.333. The second-order valence-electron chi connectivity index (χ2n) is 4.93. The van der Waals surface area contributed by atoms with Crippen LogP contribution in [0.4, 0.5) is 0 Å². The number of hydrogen-bond donors (Lipinski definition) is 1. The highest BCUT2D eigenvalue weighted by atomic mass is 79.9. The summed E-state index contributed by atoms with van der Waals surface area (Å²) in [5, 5.41) is 0. The molecule has 2 aromatic heterocycles. The van der Waals surface area contributed by atoms with Crippen molar-refractivity contribution in [2.75, 3.05) is 0 Å². The van der Waals surface area contributed by atoms with E-state index in [1.807, 2.05) is 20.8 Å². The van der Waals surface area contributed by atoms with Crippen LogP contribution in [-0.2, 0) is 5.41 Å². The molecule has 18 heavy (non-hydrogen) atoms. The number of nitrogens with zero attached hydrogens (tertiary/aromatic N) is 1. The Morgan fingerprint density at radius 2 is 1.94 bits per heavy atom. The van der Waals surface area contributed by atoms with Crippen molar-refractivity contribution >= 4 is 31.9 Å². The third-order valence-corrected chi connectivity index (χ3v) is 3.54. The molecule has 0 aliphatic carbocycles. The molecule has 1 N–H and O–H groups in total. The first-order valence-corrected chi connectivity index (χ1v) is 6.93. The maximum atomic E-state index is 11.9. The number of aromatic amines is 1. The number of aromatic nitrogens is 2. The van der Waals surface area contributed by atoms with Gasteiger partial charge in [0.05, 0.1) is 5.69 Å². The van der Waals surface area contributed by atoms with E-state index in [1.54, 1.807) is 12.1 Å². The minimum atomic E-state index is -0.230. The molecule has 0 saturated carbocycles. The summed E-state index contributed by atoms with van der Waals surface area (Å²) in [5.74, 6) is 0.954. The van der Waals surface area contributed by atoms with E-state index in [4.69, 9.17) is 4.42 Å². The summed E-state index contributed by atoms with van der Waals surface area (Å²) in [7, 11) is 0. The Kier molecular flexibility index (Phi) is 3.51. The molecule has 4 nitrogen and oxygen atoms in total. The predicted molar refractivity (Wildman–Crippen MR) is 76.7 cm³/mol. The van der Waals surface area contributed by atoms with E-state index in [1.165, 1.54) is 0 Å². The molecule has 0 aliphatic heterocycles. The Hall–Kier alpha value is -0.880. The summed E-state index contributed by atoms with van der Waals surface area (Å²) in [6.07, 6.45) is 0. The zero-order valence-corrected chi connectivity index (χ0v) is 13.3. The second-order valence-corrected chi connectivity index (χ2v) is 6.51. The van der Waals surface area contributed by atoms with E-state index >= 15 is 0 Å². The highest BCUT2D eigenvalue weighted by molar-refractivity contribution is 9.10. The Labute approximate surface area is 121 Å². The van der Waals surface area contributed by atoms with Gasteiger partial charge in [0, 0.05) is 5.41 Å². The summed E-state index contributed by atoms with van der Waals surface area (Å²) in [6, 6.07) is 3.51. The number of halogens is 2. The van der Waals surface area contributed by atoms with Crippen LogP contribution in [0.2, 0.25) is 0 Å². The van der Waals surface area contributed by atoms with Gasteiger partial charge in [-0.15, -0.1) is 0 Å². The first-order valence-electron chi connectivity index (χ1n) is 5.35. The average molecular weight is 376 g/mol. The SMILES string of the molecule is CC(C)(C)c1nc(-c2ccc(Br)o2)[nH]c(=O)c1Br. The molecule has 0 saturated heterocycles. The minimum Gasteiger partial charge on any atom is -0.446 e. The fourth-order valence-electron chi connectivity index (χ4n) is 1.51. The summed E-state index contributed by atoms with van der Waals surface area (Å²) >= 11 is 6.51. The van der Waals surface area contributed by atoms with Crippen LogP contribution in [0.1, 0.15) is 26.5 Å². The number of H-pyrrole nitrogens is 1. The molecule has 0 fully saturated rings. The lowest BCUT2D eigenvalue weighted by molar-refractivity contribution is 0.540. The molecule has 2 heterocycles. The molecule has 0 bridgehead atoms. The highest BCUT2D eigenvalue weighted by Gasteiger charge is 2.23. The zero-order chi connectivity index (χ0) is 13.5. The fourth-order valence-corrected chi connectivity index (χ4v) is 2.60. The molecular formula is C12H12Br2N2O2. The van der Waals surface area contributed by atoms with Crippen LogP contribution >= 0.6 is 31.9 Å². The van der Waals surface area contributed by atoms with Crippen molar-refractivity contribution in [1.82, 2.24) is 9.97 Å². The van der Waals surface area contributed by atoms with Gasteiger partial charge in [-0.1, -0.05) is 20.8 Å². The van der Waals surface area contributed by atoms with Crippen molar-refractivity contribution in [1.29, 1.82) is 0 Å². The van der Waals surface area contributed by atoms with Crippen LogP contribution in [0.25, 0.3) is 11.6 Å². The standard InChI is InChI=1S/C12H12Br2N2O2/c1-12(2,3)9-8(14)11(17)16-10(15-9)6-4-5-7(13)18-6/h4-5H,1-3H3,(H,15,16,17). The largest absolute Gasteiger partial charge is 0.446 e. The van der Waals surface area contributed by atoms with Gasteiger partial charge in [0.15, 0.2) is 16.3 Å². The molecular weight excluding hydrogens is 364 g/mol. The van der Waals surface area contributed by atoms with Gasteiger partial charge in [-0.2, -0.15) is 0 Å². The molecule has 0 aromatic carbocycles. The van der Waals surface area contributed by atoms with Crippen LogP contribution in [0.5, 0.6) is 0 Å². The summed E-state index contributed by atoms with van der Waals surface area (Å²) in [6.45, 7) is 6.00. The summed E-state index contributed by atoms with van der Waals surface area (Å²) < 4.78 is 6.46. The predicted octanol–water partition coefficient (Wildman–Crippen LogP) is 3.85. The molecule has 6 heteroatoms. The van der Waals surface area contributed by atoms with Crippen molar-refractivity contribution in [3.8, 4) is 11.6 Å². The lowest BCUT2D eigenvalue weighted by Gasteiger charge is -2.19. The average Bonchev–Trinajstić information content (AvgIpc) is 2.67. The third kappa shape index (κ3) is 2.59. The normalized spacial score (nSPS) is 11.8. The first kappa shape index (κ1) is 13.5. The zero-order valence-electron chi connectivity index (χ0n) is 10.2. The highest BCUT2D eigenvalue weighted by Crippen LogP contribution is 2.28. The number of rotatable bonds is 1. The van der Waals surface area contributed by atoms with Crippen molar-refractivity contribution < 1.29 is 4.42 Å². The van der Waals surface area contributed by atoms with Crippen LogP contribution in [-0.4, -0.2) is 9.97 Å². The van der Waals surface area contributed by atoms with E-state index in [0.717, 1.165) is 0 Å². The van der Waals surface area contributed by atoms with Crippen LogP contribution in [0.15, 0.2) is 30.5 Å². The second kappa shape index (κ2) is 4.66. The van der Waals surface area contributed by atoms with Crippen molar-refractivity contribution in [3.05, 3.63) is 37.3 Å². The van der Waals surface area contributed by atoms with Gasteiger partial charge in [0.1, 0.15) is 4.47 Å². The number of hydrogen-bond acceptors (Lipinski definition) is 3. The van der Waals surface area contributed by atoms with Crippen LogP contribution < -0.4 is 5.56 Å². The Morgan fingerprint density at radius 3 is 2.44 bits per heavy atom.